The van der Waals surface area contributed by atoms with Gasteiger partial charge in [0.2, 0.25) is 0 Å². The lowest BCUT2D eigenvalue weighted by molar-refractivity contribution is 0.237. The molecular weight excluding hydrogens is 278 g/mol. The highest BCUT2D eigenvalue weighted by Gasteiger charge is 2.16. The lowest BCUT2D eigenvalue weighted by Gasteiger charge is -2.30. The highest BCUT2D eigenvalue weighted by molar-refractivity contribution is 5.93. The van der Waals surface area contributed by atoms with Crippen LogP contribution in [-0.2, 0) is 0 Å². The molecule has 1 fully saturated rings. The van der Waals surface area contributed by atoms with E-state index in [2.05, 4.69) is 21.6 Å². The minimum absolute atomic E-state index is 0.00662. The Labute approximate surface area is 132 Å². The molecule has 1 heterocycles. The third-order valence-electron chi connectivity index (χ3n) is 4.15. The number of anilines is 2. The molecule has 122 valence electrons. The van der Waals surface area contributed by atoms with Crippen molar-refractivity contribution in [2.45, 2.75) is 45.1 Å². The van der Waals surface area contributed by atoms with Gasteiger partial charge in [-0.05, 0) is 44.2 Å². The molecule has 2 amide bonds. The van der Waals surface area contributed by atoms with E-state index in [-0.39, 0.29) is 18.7 Å². The molecule has 1 aliphatic heterocycles. The first kappa shape index (κ1) is 16.6. The molecule has 5 nitrogen and oxygen atoms in total. The van der Waals surface area contributed by atoms with Crippen molar-refractivity contribution >= 4 is 17.4 Å². The van der Waals surface area contributed by atoms with Crippen LogP contribution in [0.1, 0.15) is 39.0 Å². The van der Waals surface area contributed by atoms with Crippen LogP contribution in [0.3, 0.4) is 0 Å². The van der Waals surface area contributed by atoms with Gasteiger partial charge in [0.25, 0.3) is 0 Å². The molecule has 0 aliphatic carbocycles. The molecule has 1 atom stereocenters. The van der Waals surface area contributed by atoms with E-state index in [4.69, 9.17) is 5.11 Å². The molecule has 1 aromatic carbocycles. The molecule has 1 aromatic rings. The SMILES string of the molecule is CCC(CCO)NC(=O)Nc1ccccc1N1CCCCC1. The van der Waals surface area contributed by atoms with E-state index >= 15 is 0 Å². The monoisotopic (exact) mass is 305 g/mol. The van der Waals surface area contributed by atoms with Crippen LogP contribution >= 0.6 is 0 Å². The van der Waals surface area contributed by atoms with Gasteiger partial charge in [0, 0.05) is 25.7 Å². The molecule has 1 aliphatic rings. The number of carbonyl (C=O) groups excluding carboxylic acids is 1. The van der Waals surface area contributed by atoms with Crippen LogP contribution in [-0.4, -0.2) is 36.9 Å². The van der Waals surface area contributed by atoms with Crippen molar-refractivity contribution in [2.24, 2.45) is 0 Å². The summed E-state index contributed by atoms with van der Waals surface area (Å²) in [7, 11) is 0. The number of aliphatic hydroxyl groups is 1. The van der Waals surface area contributed by atoms with E-state index in [1.54, 1.807) is 0 Å². The Morgan fingerprint density at radius 3 is 2.68 bits per heavy atom. The number of nitrogens with one attached hydrogen (secondary N) is 2. The van der Waals surface area contributed by atoms with Crippen molar-refractivity contribution in [1.82, 2.24) is 5.32 Å². The van der Waals surface area contributed by atoms with Gasteiger partial charge in [-0.15, -0.1) is 0 Å². The number of amides is 2. The molecule has 1 saturated heterocycles. The van der Waals surface area contributed by atoms with Crippen LogP contribution in [0, 0.1) is 0 Å². The zero-order valence-electron chi connectivity index (χ0n) is 13.3. The summed E-state index contributed by atoms with van der Waals surface area (Å²) in [5, 5.41) is 14.9. The number of para-hydroxylation sites is 2. The van der Waals surface area contributed by atoms with E-state index < -0.39 is 0 Å². The number of aliphatic hydroxyl groups excluding tert-OH is 1. The molecule has 0 aromatic heterocycles. The molecule has 0 spiro atoms. The van der Waals surface area contributed by atoms with Crippen molar-refractivity contribution in [3.05, 3.63) is 24.3 Å². The highest BCUT2D eigenvalue weighted by Crippen LogP contribution is 2.28. The average molecular weight is 305 g/mol. The normalized spacial score (nSPS) is 16.2. The quantitative estimate of drug-likeness (QED) is 0.757. The van der Waals surface area contributed by atoms with Crippen LogP contribution < -0.4 is 15.5 Å². The van der Waals surface area contributed by atoms with Crippen molar-refractivity contribution in [2.75, 3.05) is 29.9 Å². The Kier molecular flexibility index (Phi) is 6.52. The van der Waals surface area contributed by atoms with Crippen LogP contribution in [0.4, 0.5) is 16.2 Å². The first-order chi connectivity index (χ1) is 10.7. The molecule has 22 heavy (non-hydrogen) atoms. The van der Waals surface area contributed by atoms with Gasteiger partial charge in [0.15, 0.2) is 0 Å². The summed E-state index contributed by atoms with van der Waals surface area (Å²) in [6.45, 7) is 4.18. The van der Waals surface area contributed by atoms with Gasteiger partial charge in [-0.1, -0.05) is 19.1 Å². The zero-order valence-corrected chi connectivity index (χ0v) is 13.3. The maximum atomic E-state index is 12.2. The lowest BCUT2D eigenvalue weighted by atomic mass is 10.1. The third-order valence-corrected chi connectivity index (χ3v) is 4.15. The van der Waals surface area contributed by atoms with Gasteiger partial charge in [-0.25, -0.2) is 4.79 Å². The van der Waals surface area contributed by atoms with E-state index in [0.717, 1.165) is 30.9 Å². The Balaban J connectivity index is 2.01. The van der Waals surface area contributed by atoms with Crippen molar-refractivity contribution in [1.29, 1.82) is 0 Å². The topological polar surface area (TPSA) is 64.6 Å². The summed E-state index contributed by atoms with van der Waals surface area (Å²) in [5.41, 5.74) is 1.94. The predicted molar refractivity (Wildman–Crippen MR) is 90.4 cm³/mol. The summed E-state index contributed by atoms with van der Waals surface area (Å²) < 4.78 is 0. The van der Waals surface area contributed by atoms with E-state index in [9.17, 15) is 4.79 Å². The number of rotatable bonds is 6. The second-order valence-electron chi connectivity index (χ2n) is 5.78. The Hall–Kier alpha value is -1.75. The lowest BCUT2D eigenvalue weighted by Crippen LogP contribution is -2.38. The molecule has 3 N–H and O–H groups in total. The Bertz CT molecular complexity index is 473. The molecular formula is C17H27N3O2. The van der Waals surface area contributed by atoms with Gasteiger partial charge in [0.1, 0.15) is 0 Å². The van der Waals surface area contributed by atoms with Crippen molar-refractivity contribution in [3.8, 4) is 0 Å². The van der Waals surface area contributed by atoms with Crippen LogP contribution in [0.2, 0.25) is 0 Å². The van der Waals surface area contributed by atoms with Crippen LogP contribution in [0.5, 0.6) is 0 Å². The molecule has 5 heteroatoms. The zero-order chi connectivity index (χ0) is 15.8. The van der Waals surface area contributed by atoms with E-state index in [0.29, 0.717) is 6.42 Å². The van der Waals surface area contributed by atoms with E-state index in [1.807, 2.05) is 25.1 Å². The number of hydrogen-bond donors (Lipinski definition) is 3. The number of hydrogen-bond acceptors (Lipinski definition) is 3. The average Bonchev–Trinajstić information content (AvgIpc) is 2.55. The number of piperidine rings is 1. The standard InChI is InChI=1S/C17H27N3O2/c1-2-14(10-13-21)18-17(22)19-15-8-4-5-9-16(15)20-11-6-3-7-12-20/h4-5,8-9,14,21H,2-3,6-7,10-13H2,1H3,(H2,18,19,22). The minimum Gasteiger partial charge on any atom is -0.396 e. The van der Waals surface area contributed by atoms with Gasteiger partial charge in [0.05, 0.1) is 11.4 Å². The fraction of sp³-hybridized carbons (Fsp3) is 0.588. The first-order valence-corrected chi connectivity index (χ1v) is 8.27. The number of nitrogens with zero attached hydrogens (tertiary/aromatic N) is 1. The van der Waals surface area contributed by atoms with E-state index in [1.165, 1.54) is 19.3 Å². The molecule has 1 unspecified atom stereocenters. The number of benzene rings is 1. The minimum atomic E-state index is -0.204. The summed E-state index contributed by atoms with van der Waals surface area (Å²) in [5.74, 6) is 0. The second kappa shape index (κ2) is 8.63. The number of carbonyl (C=O) groups is 1. The Morgan fingerprint density at radius 2 is 2.00 bits per heavy atom. The number of urea groups is 1. The predicted octanol–water partition coefficient (Wildman–Crippen LogP) is 2.96. The van der Waals surface area contributed by atoms with Crippen LogP contribution in [0.15, 0.2) is 24.3 Å². The fourth-order valence-corrected chi connectivity index (χ4v) is 2.87. The molecule has 2 rings (SSSR count). The van der Waals surface area contributed by atoms with Gasteiger partial charge >= 0.3 is 6.03 Å². The second-order valence-corrected chi connectivity index (χ2v) is 5.78. The summed E-state index contributed by atoms with van der Waals surface area (Å²) in [6.07, 6.45) is 5.08. The van der Waals surface area contributed by atoms with Crippen molar-refractivity contribution < 1.29 is 9.90 Å². The molecule has 0 radical (unpaired) electrons. The summed E-state index contributed by atoms with van der Waals surface area (Å²) >= 11 is 0. The molecule has 0 bridgehead atoms. The Morgan fingerprint density at radius 1 is 1.27 bits per heavy atom. The highest BCUT2D eigenvalue weighted by atomic mass is 16.3. The maximum absolute atomic E-state index is 12.2. The summed E-state index contributed by atoms with van der Waals surface area (Å²) in [6, 6.07) is 7.75. The van der Waals surface area contributed by atoms with Crippen molar-refractivity contribution in [3.63, 3.8) is 0 Å². The van der Waals surface area contributed by atoms with Gasteiger partial charge in [-0.2, -0.15) is 0 Å². The largest absolute Gasteiger partial charge is 0.396 e. The van der Waals surface area contributed by atoms with Crippen LogP contribution in [0.25, 0.3) is 0 Å². The smallest absolute Gasteiger partial charge is 0.319 e. The van der Waals surface area contributed by atoms with Gasteiger partial charge in [-0.3, -0.25) is 0 Å². The van der Waals surface area contributed by atoms with Gasteiger partial charge < -0.3 is 20.6 Å². The fourth-order valence-electron chi connectivity index (χ4n) is 2.87. The summed E-state index contributed by atoms with van der Waals surface area (Å²) in [4.78, 5) is 14.5. The molecule has 0 saturated carbocycles. The third kappa shape index (κ3) is 4.63. The first-order valence-electron chi connectivity index (χ1n) is 8.27. The maximum Gasteiger partial charge on any atom is 0.319 e.